The van der Waals surface area contributed by atoms with Crippen LogP contribution < -0.4 is 10.6 Å². The minimum atomic E-state index is -4.51. The van der Waals surface area contributed by atoms with Crippen molar-refractivity contribution in [2.75, 3.05) is 17.2 Å². The summed E-state index contributed by atoms with van der Waals surface area (Å²) in [5.74, 6) is -1.11. The first kappa shape index (κ1) is 24.8. The van der Waals surface area contributed by atoms with Crippen molar-refractivity contribution in [3.63, 3.8) is 0 Å². The van der Waals surface area contributed by atoms with Crippen molar-refractivity contribution in [3.8, 4) is 0 Å². The van der Waals surface area contributed by atoms with Crippen LogP contribution in [0.1, 0.15) is 47.7 Å². The highest BCUT2D eigenvalue weighted by molar-refractivity contribution is 5.98. The fraction of sp³-hybridized carbons (Fsp3) is 0.240. The highest BCUT2D eigenvalue weighted by atomic mass is 19.4. The van der Waals surface area contributed by atoms with Gasteiger partial charge in [0.2, 0.25) is 0 Å². The van der Waals surface area contributed by atoms with Crippen LogP contribution in [0, 0.1) is 0 Å². The van der Waals surface area contributed by atoms with Gasteiger partial charge < -0.3 is 15.4 Å². The number of aromatic nitrogens is 1. The van der Waals surface area contributed by atoms with Crippen molar-refractivity contribution >= 4 is 29.1 Å². The van der Waals surface area contributed by atoms with Crippen LogP contribution in [0.4, 0.5) is 30.4 Å². The van der Waals surface area contributed by atoms with E-state index in [1.165, 1.54) is 30.5 Å². The Balaban J connectivity index is 1.67. The Labute approximate surface area is 195 Å². The minimum Gasteiger partial charge on any atom is -0.452 e. The van der Waals surface area contributed by atoms with Crippen molar-refractivity contribution in [2.24, 2.45) is 0 Å². The molecule has 0 unspecified atom stereocenters. The Kier molecular flexibility index (Phi) is 7.88. The van der Waals surface area contributed by atoms with Gasteiger partial charge in [0.25, 0.3) is 5.91 Å². The third-order valence-corrected chi connectivity index (χ3v) is 5.19. The number of hydrogen-bond donors (Lipinski definition) is 2. The van der Waals surface area contributed by atoms with E-state index in [1.807, 2.05) is 26.0 Å². The second-order valence-electron chi connectivity index (χ2n) is 7.62. The number of nitrogens with one attached hydrogen (secondary N) is 2. The number of rotatable bonds is 8. The van der Waals surface area contributed by atoms with Gasteiger partial charge in [-0.3, -0.25) is 4.79 Å². The fourth-order valence-corrected chi connectivity index (χ4v) is 3.24. The number of amides is 1. The smallest absolute Gasteiger partial charge is 0.416 e. The van der Waals surface area contributed by atoms with Crippen LogP contribution in [0.2, 0.25) is 0 Å². The lowest BCUT2D eigenvalue weighted by Crippen LogP contribution is -2.22. The lowest BCUT2D eigenvalue weighted by molar-refractivity contribution is -0.137. The quantitative estimate of drug-likeness (QED) is 0.385. The molecule has 178 valence electrons. The van der Waals surface area contributed by atoms with E-state index in [1.54, 1.807) is 12.1 Å². The molecule has 0 aliphatic heterocycles. The molecule has 2 aromatic carbocycles. The van der Waals surface area contributed by atoms with Gasteiger partial charge in [0.05, 0.1) is 5.56 Å². The predicted octanol–water partition coefficient (Wildman–Crippen LogP) is 6.15. The molecule has 0 aliphatic rings. The van der Waals surface area contributed by atoms with E-state index >= 15 is 0 Å². The molecular weight excluding hydrogens is 447 g/mol. The van der Waals surface area contributed by atoms with Crippen molar-refractivity contribution in [1.82, 2.24) is 4.98 Å². The van der Waals surface area contributed by atoms with Crippen molar-refractivity contribution < 1.29 is 27.5 Å². The SMILES string of the molecule is CC[C@@H](C)c1ccccc1NC(=O)COC(=O)c1cccnc1Nc1cccc(C(F)(F)F)c1. The molecule has 0 spiro atoms. The van der Waals surface area contributed by atoms with Gasteiger partial charge >= 0.3 is 12.1 Å². The van der Waals surface area contributed by atoms with Crippen molar-refractivity contribution in [2.45, 2.75) is 32.4 Å². The van der Waals surface area contributed by atoms with E-state index in [0.29, 0.717) is 5.69 Å². The Morgan fingerprint density at radius 3 is 2.56 bits per heavy atom. The van der Waals surface area contributed by atoms with Gasteiger partial charge in [-0.1, -0.05) is 38.1 Å². The standard InChI is InChI=1S/C25H24F3N3O3/c1-3-16(2)19-10-4-5-12-21(19)31-22(32)15-34-24(33)20-11-7-13-29-23(20)30-18-9-6-8-17(14-18)25(26,27)28/h4-14,16H,3,15H2,1-2H3,(H,29,30)(H,31,32)/t16-/m1/s1. The summed E-state index contributed by atoms with van der Waals surface area (Å²) in [7, 11) is 0. The summed E-state index contributed by atoms with van der Waals surface area (Å²) in [4.78, 5) is 29.0. The number of para-hydroxylation sites is 1. The fourth-order valence-electron chi connectivity index (χ4n) is 3.24. The number of ether oxygens (including phenoxy) is 1. The molecule has 1 aromatic heterocycles. The molecule has 2 N–H and O–H groups in total. The molecule has 0 radical (unpaired) electrons. The van der Waals surface area contributed by atoms with E-state index < -0.39 is 30.2 Å². The predicted molar refractivity (Wildman–Crippen MR) is 123 cm³/mol. The maximum absolute atomic E-state index is 13.0. The first-order chi connectivity index (χ1) is 16.2. The van der Waals surface area contributed by atoms with E-state index in [0.717, 1.165) is 24.1 Å². The number of benzene rings is 2. The summed E-state index contributed by atoms with van der Waals surface area (Å²) in [5.41, 5.74) is 0.859. The largest absolute Gasteiger partial charge is 0.452 e. The van der Waals surface area contributed by atoms with Gasteiger partial charge in [0.1, 0.15) is 11.4 Å². The van der Waals surface area contributed by atoms with Gasteiger partial charge in [0, 0.05) is 17.6 Å². The van der Waals surface area contributed by atoms with Gasteiger partial charge in [-0.2, -0.15) is 13.2 Å². The molecule has 3 aromatic rings. The summed E-state index contributed by atoms with van der Waals surface area (Å²) in [6.45, 7) is 3.56. The van der Waals surface area contributed by atoms with Crippen molar-refractivity contribution in [1.29, 1.82) is 0 Å². The summed E-state index contributed by atoms with van der Waals surface area (Å²) in [6, 6.07) is 14.8. The number of carbonyl (C=O) groups excluding carboxylic acids is 2. The lowest BCUT2D eigenvalue weighted by atomic mass is 9.97. The molecule has 6 nitrogen and oxygen atoms in total. The van der Waals surface area contributed by atoms with E-state index in [4.69, 9.17) is 4.74 Å². The highest BCUT2D eigenvalue weighted by Gasteiger charge is 2.30. The zero-order valence-corrected chi connectivity index (χ0v) is 18.6. The first-order valence-electron chi connectivity index (χ1n) is 10.6. The summed E-state index contributed by atoms with van der Waals surface area (Å²) in [5, 5.41) is 5.46. The Bertz CT molecular complexity index is 1170. The molecule has 9 heteroatoms. The second kappa shape index (κ2) is 10.8. The number of hydrogen-bond acceptors (Lipinski definition) is 5. The molecule has 34 heavy (non-hydrogen) atoms. The molecule has 0 bridgehead atoms. The normalized spacial score (nSPS) is 12.0. The van der Waals surface area contributed by atoms with Crippen LogP contribution >= 0.6 is 0 Å². The molecular formula is C25H24F3N3O3. The van der Waals surface area contributed by atoms with Gasteiger partial charge in [-0.25, -0.2) is 9.78 Å². The van der Waals surface area contributed by atoms with Crippen LogP contribution in [0.5, 0.6) is 0 Å². The number of carbonyl (C=O) groups is 2. The summed E-state index contributed by atoms with van der Waals surface area (Å²) < 4.78 is 44.1. The molecule has 3 rings (SSSR count). The monoisotopic (exact) mass is 471 g/mol. The molecule has 1 amide bonds. The number of alkyl halides is 3. The first-order valence-corrected chi connectivity index (χ1v) is 10.6. The molecule has 1 atom stereocenters. The number of pyridine rings is 1. The third kappa shape index (κ3) is 6.34. The van der Waals surface area contributed by atoms with Crippen LogP contribution in [0.25, 0.3) is 0 Å². The highest BCUT2D eigenvalue weighted by Crippen LogP contribution is 2.31. The summed E-state index contributed by atoms with van der Waals surface area (Å²) >= 11 is 0. The molecule has 0 aliphatic carbocycles. The zero-order chi connectivity index (χ0) is 24.7. The lowest BCUT2D eigenvalue weighted by Gasteiger charge is -2.16. The van der Waals surface area contributed by atoms with E-state index in [-0.39, 0.29) is 23.0 Å². The van der Waals surface area contributed by atoms with Gasteiger partial charge in [-0.05, 0) is 54.3 Å². The van der Waals surface area contributed by atoms with Gasteiger partial charge in [0.15, 0.2) is 6.61 Å². The van der Waals surface area contributed by atoms with Crippen LogP contribution in [-0.4, -0.2) is 23.5 Å². The average molecular weight is 471 g/mol. The van der Waals surface area contributed by atoms with Gasteiger partial charge in [-0.15, -0.1) is 0 Å². The Morgan fingerprint density at radius 1 is 1.06 bits per heavy atom. The third-order valence-electron chi connectivity index (χ3n) is 5.19. The Morgan fingerprint density at radius 2 is 1.82 bits per heavy atom. The average Bonchev–Trinajstić information content (AvgIpc) is 2.82. The minimum absolute atomic E-state index is 0.00866. The number of anilines is 3. The maximum atomic E-state index is 13.0. The van der Waals surface area contributed by atoms with Crippen LogP contribution in [0.15, 0.2) is 66.9 Å². The number of halogens is 3. The zero-order valence-electron chi connectivity index (χ0n) is 18.6. The molecule has 1 heterocycles. The molecule has 0 saturated carbocycles. The second-order valence-corrected chi connectivity index (χ2v) is 7.62. The van der Waals surface area contributed by atoms with E-state index in [2.05, 4.69) is 15.6 Å². The summed E-state index contributed by atoms with van der Waals surface area (Å²) in [6.07, 6.45) is -2.24. The number of nitrogens with zero attached hydrogens (tertiary/aromatic N) is 1. The Hall–Kier alpha value is -3.88. The number of esters is 1. The van der Waals surface area contributed by atoms with Crippen molar-refractivity contribution in [3.05, 3.63) is 83.6 Å². The van der Waals surface area contributed by atoms with Crippen LogP contribution in [0.3, 0.4) is 0 Å². The van der Waals surface area contributed by atoms with Crippen LogP contribution in [-0.2, 0) is 15.7 Å². The topological polar surface area (TPSA) is 80.3 Å². The maximum Gasteiger partial charge on any atom is 0.416 e. The molecule has 0 saturated heterocycles. The van der Waals surface area contributed by atoms with E-state index in [9.17, 15) is 22.8 Å². The molecule has 0 fully saturated rings.